The van der Waals surface area contributed by atoms with Crippen LogP contribution in [0.5, 0.6) is 5.75 Å². The number of anilines is 2. The van der Waals surface area contributed by atoms with Crippen LogP contribution in [0.15, 0.2) is 30.4 Å². The molecule has 2 amide bonds. The number of hydrogen-bond acceptors (Lipinski definition) is 5. The molecular formula is C18H20N2O6. The van der Waals surface area contributed by atoms with Gasteiger partial charge >= 0.3 is 12.1 Å². The summed E-state index contributed by atoms with van der Waals surface area (Å²) in [6, 6.07) is 4.92. The summed E-state index contributed by atoms with van der Waals surface area (Å²) in [5.41, 5.74) is 1.03. The van der Waals surface area contributed by atoms with E-state index in [-0.39, 0.29) is 5.91 Å². The number of carboxylic acids is 1. The highest BCUT2D eigenvalue weighted by Crippen LogP contribution is 2.34. The molecule has 3 rings (SSSR count). The monoisotopic (exact) mass is 360 g/mol. The molecule has 8 nitrogen and oxygen atoms in total. The summed E-state index contributed by atoms with van der Waals surface area (Å²) in [6.07, 6.45) is 3.89. The standard InChI is InChI=1S/C18H20N2O6/c1-25-15-10-11(6-7-14(15)20-8-9-26-18(20)24)19-16(21)12-4-2-3-5-13(12)17(22)23/h2-3,6-7,10,12-13H,4-5,8-9H2,1H3,(H,19,21)(H,22,23)/t12-,13-/m1/s1. The molecule has 2 aliphatic rings. The van der Waals surface area contributed by atoms with E-state index in [0.29, 0.717) is 43.1 Å². The second kappa shape index (κ2) is 7.47. The third kappa shape index (κ3) is 3.49. The van der Waals surface area contributed by atoms with E-state index in [1.54, 1.807) is 24.3 Å². The van der Waals surface area contributed by atoms with Gasteiger partial charge in [0.15, 0.2) is 0 Å². The predicted molar refractivity (Wildman–Crippen MR) is 93.3 cm³/mol. The molecule has 1 fully saturated rings. The van der Waals surface area contributed by atoms with Crippen molar-refractivity contribution in [1.82, 2.24) is 0 Å². The second-order valence-electron chi connectivity index (χ2n) is 6.14. The van der Waals surface area contributed by atoms with Crippen molar-refractivity contribution in [2.45, 2.75) is 12.8 Å². The molecule has 0 aromatic heterocycles. The first kappa shape index (κ1) is 17.8. The van der Waals surface area contributed by atoms with Gasteiger partial charge in [-0.2, -0.15) is 0 Å². The predicted octanol–water partition coefficient (Wildman–Crippen LogP) is 2.26. The summed E-state index contributed by atoms with van der Waals surface area (Å²) < 4.78 is 10.3. The Bertz CT molecular complexity index is 760. The number of benzene rings is 1. The molecule has 138 valence electrons. The molecule has 1 aromatic rings. The SMILES string of the molecule is COc1cc(NC(=O)[C@@H]2CC=CC[C@H]2C(=O)O)ccc1N1CCOC1=O. The van der Waals surface area contributed by atoms with E-state index in [1.807, 2.05) is 6.08 Å². The van der Waals surface area contributed by atoms with Crippen LogP contribution in [-0.4, -0.2) is 43.3 Å². The number of ether oxygens (including phenoxy) is 2. The van der Waals surface area contributed by atoms with Gasteiger partial charge in [0.25, 0.3) is 0 Å². The zero-order valence-corrected chi connectivity index (χ0v) is 14.3. The highest BCUT2D eigenvalue weighted by atomic mass is 16.6. The lowest BCUT2D eigenvalue weighted by molar-refractivity contribution is -0.146. The van der Waals surface area contributed by atoms with Crippen molar-refractivity contribution in [1.29, 1.82) is 0 Å². The van der Waals surface area contributed by atoms with Gasteiger partial charge in [-0.05, 0) is 25.0 Å². The van der Waals surface area contributed by atoms with Crippen LogP contribution in [0, 0.1) is 11.8 Å². The molecule has 0 saturated carbocycles. The molecule has 1 aromatic carbocycles. The maximum atomic E-state index is 12.5. The van der Waals surface area contributed by atoms with Crippen LogP contribution < -0.4 is 15.0 Å². The van der Waals surface area contributed by atoms with Crippen LogP contribution >= 0.6 is 0 Å². The third-order valence-electron chi connectivity index (χ3n) is 4.59. The van der Waals surface area contributed by atoms with Crippen molar-refractivity contribution in [3.63, 3.8) is 0 Å². The summed E-state index contributed by atoms with van der Waals surface area (Å²) in [5, 5.41) is 12.1. The first-order chi connectivity index (χ1) is 12.5. The van der Waals surface area contributed by atoms with Crippen molar-refractivity contribution in [2.75, 3.05) is 30.5 Å². The number of hydrogen-bond donors (Lipinski definition) is 2. The Labute approximate surface area is 150 Å². The molecule has 0 spiro atoms. The van der Waals surface area contributed by atoms with Crippen LogP contribution in [0.4, 0.5) is 16.2 Å². The molecule has 1 saturated heterocycles. The van der Waals surface area contributed by atoms with Crippen LogP contribution in [-0.2, 0) is 14.3 Å². The highest BCUT2D eigenvalue weighted by Gasteiger charge is 2.34. The molecule has 0 radical (unpaired) electrons. The summed E-state index contributed by atoms with van der Waals surface area (Å²) in [6.45, 7) is 0.738. The van der Waals surface area contributed by atoms with Gasteiger partial charge < -0.3 is 19.9 Å². The van der Waals surface area contributed by atoms with Crippen molar-refractivity contribution in [2.24, 2.45) is 11.8 Å². The Hall–Kier alpha value is -3.03. The van der Waals surface area contributed by atoms with Gasteiger partial charge in [0.05, 0.1) is 31.2 Å². The summed E-state index contributed by atoms with van der Waals surface area (Å²) in [5.74, 6) is -2.27. The molecular weight excluding hydrogens is 340 g/mol. The third-order valence-corrected chi connectivity index (χ3v) is 4.59. The molecule has 2 atom stereocenters. The van der Waals surface area contributed by atoms with Crippen LogP contribution in [0.3, 0.4) is 0 Å². The Kier molecular flexibility index (Phi) is 5.11. The lowest BCUT2D eigenvalue weighted by Gasteiger charge is -2.24. The molecule has 2 N–H and O–H groups in total. The van der Waals surface area contributed by atoms with E-state index in [2.05, 4.69) is 5.32 Å². The van der Waals surface area contributed by atoms with E-state index >= 15 is 0 Å². The van der Waals surface area contributed by atoms with Gasteiger partial charge in [0, 0.05) is 11.8 Å². The number of aliphatic carboxylic acids is 1. The molecule has 1 heterocycles. The number of carbonyl (C=O) groups excluding carboxylic acids is 2. The first-order valence-corrected chi connectivity index (χ1v) is 8.32. The Morgan fingerprint density at radius 2 is 2.00 bits per heavy atom. The fourth-order valence-corrected chi connectivity index (χ4v) is 3.20. The van der Waals surface area contributed by atoms with Crippen molar-refractivity contribution >= 4 is 29.3 Å². The minimum atomic E-state index is -0.977. The van der Waals surface area contributed by atoms with Gasteiger partial charge in [-0.15, -0.1) is 0 Å². The molecule has 0 unspecified atom stereocenters. The van der Waals surface area contributed by atoms with Gasteiger partial charge in [0.1, 0.15) is 12.4 Å². The first-order valence-electron chi connectivity index (χ1n) is 8.32. The van der Waals surface area contributed by atoms with Crippen LogP contribution in [0.25, 0.3) is 0 Å². The second-order valence-corrected chi connectivity index (χ2v) is 6.14. The van der Waals surface area contributed by atoms with Crippen molar-refractivity contribution in [3.8, 4) is 5.75 Å². The maximum absolute atomic E-state index is 12.5. The minimum Gasteiger partial charge on any atom is -0.494 e. The quantitative estimate of drug-likeness (QED) is 0.781. The largest absolute Gasteiger partial charge is 0.494 e. The molecule has 8 heteroatoms. The Morgan fingerprint density at radius 3 is 2.62 bits per heavy atom. The fourth-order valence-electron chi connectivity index (χ4n) is 3.20. The zero-order valence-electron chi connectivity index (χ0n) is 14.3. The lowest BCUT2D eigenvalue weighted by atomic mass is 9.82. The van der Waals surface area contributed by atoms with E-state index in [4.69, 9.17) is 9.47 Å². The van der Waals surface area contributed by atoms with E-state index in [0.717, 1.165) is 0 Å². The molecule has 26 heavy (non-hydrogen) atoms. The molecule has 0 bridgehead atoms. The smallest absolute Gasteiger partial charge is 0.414 e. The van der Waals surface area contributed by atoms with Crippen molar-refractivity contribution in [3.05, 3.63) is 30.4 Å². The number of methoxy groups -OCH3 is 1. The minimum absolute atomic E-state index is 0.312. The summed E-state index contributed by atoms with van der Waals surface area (Å²) >= 11 is 0. The van der Waals surface area contributed by atoms with Crippen LogP contribution in [0.1, 0.15) is 12.8 Å². The number of rotatable bonds is 5. The number of carbonyl (C=O) groups is 3. The zero-order chi connectivity index (χ0) is 18.7. The lowest BCUT2D eigenvalue weighted by Crippen LogP contribution is -2.34. The number of carboxylic acid groups (broad SMARTS) is 1. The molecule has 1 aliphatic carbocycles. The van der Waals surface area contributed by atoms with Gasteiger partial charge in [-0.25, -0.2) is 4.79 Å². The average Bonchev–Trinajstić information content (AvgIpc) is 3.07. The maximum Gasteiger partial charge on any atom is 0.414 e. The van der Waals surface area contributed by atoms with E-state index in [9.17, 15) is 19.5 Å². The van der Waals surface area contributed by atoms with Crippen LogP contribution in [0.2, 0.25) is 0 Å². The Morgan fingerprint density at radius 1 is 1.27 bits per heavy atom. The van der Waals surface area contributed by atoms with E-state index < -0.39 is 23.9 Å². The summed E-state index contributed by atoms with van der Waals surface area (Å²) in [7, 11) is 1.47. The number of nitrogens with one attached hydrogen (secondary N) is 1. The number of allylic oxidation sites excluding steroid dienone is 2. The van der Waals surface area contributed by atoms with Gasteiger partial charge in [0.2, 0.25) is 5.91 Å². The highest BCUT2D eigenvalue weighted by molar-refractivity contribution is 5.97. The summed E-state index contributed by atoms with van der Waals surface area (Å²) in [4.78, 5) is 37.1. The van der Waals surface area contributed by atoms with Gasteiger partial charge in [-0.3, -0.25) is 14.5 Å². The number of nitrogens with zero attached hydrogens (tertiary/aromatic N) is 1. The number of cyclic esters (lactones) is 1. The van der Waals surface area contributed by atoms with Crippen molar-refractivity contribution < 1.29 is 29.0 Å². The normalized spacial score (nSPS) is 22.0. The fraction of sp³-hybridized carbons (Fsp3) is 0.389. The topological polar surface area (TPSA) is 105 Å². The van der Waals surface area contributed by atoms with E-state index in [1.165, 1.54) is 12.0 Å². The Balaban J connectivity index is 1.77. The number of amides is 2. The molecule has 1 aliphatic heterocycles. The van der Waals surface area contributed by atoms with Gasteiger partial charge in [-0.1, -0.05) is 12.2 Å². The average molecular weight is 360 g/mol.